The minimum absolute atomic E-state index is 0. The van der Waals surface area contributed by atoms with E-state index in [1.807, 2.05) is 103 Å². The SMILES string of the molecule is O=S(=O)(Oc1cccc2ccccc12)c1cccc2c3nc4nc(nc5[nH]c(nc6nc(nc([nH]3)c12)-c1ccccc1-6)c1ccccc51)-c1ccccc1-4.[Cu].[NaH]. The quantitative estimate of drug-likeness (QED) is 0.133. The third kappa shape index (κ3) is 5.71. The summed E-state index contributed by atoms with van der Waals surface area (Å²) in [5.74, 6) is 1.90. The zero-order valence-corrected chi connectivity index (χ0v) is 30.1. The standard InChI is InChI=1S/C42H24N8O3S.Cu.Na.H/c51-54(52,53-32-21-9-12-23-11-1-2-13-24(23)32)33-22-10-20-31-34(33)42-49-40-30-19-8-7-18-29(30)38(47-40)45-36-26-15-4-3-14-25(26)35(43-36)44-37-27-16-5-6-17-28(27)39(46-37)48-41(31)50-42;;;/h1-22H,(H2,43,44,45,46,47,48,49,50);;;. The van der Waals surface area contributed by atoms with Gasteiger partial charge in [0, 0.05) is 60.9 Å². The Labute approximate surface area is 351 Å². The number of aromatic amines is 2. The Morgan fingerprint density at radius 3 is 1.41 bits per heavy atom. The summed E-state index contributed by atoms with van der Waals surface area (Å²) in [6.07, 6.45) is 0. The van der Waals surface area contributed by atoms with Crippen LogP contribution in [0.4, 0.5) is 0 Å². The van der Waals surface area contributed by atoms with Gasteiger partial charge in [0.1, 0.15) is 27.5 Å². The van der Waals surface area contributed by atoms with Crippen LogP contribution in [0.1, 0.15) is 0 Å². The predicted molar refractivity (Wildman–Crippen MR) is 215 cm³/mol. The van der Waals surface area contributed by atoms with E-state index >= 15 is 0 Å². The van der Waals surface area contributed by atoms with E-state index in [0.29, 0.717) is 56.4 Å². The summed E-state index contributed by atoms with van der Waals surface area (Å²) in [4.78, 5) is 36.6. The second-order valence-corrected chi connectivity index (χ2v) is 14.5. The van der Waals surface area contributed by atoms with E-state index < -0.39 is 10.1 Å². The van der Waals surface area contributed by atoms with Gasteiger partial charge in [-0.15, -0.1) is 0 Å². The first kappa shape index (κ1) is 35.9. The van der Waals surface area contributed by atoms with Crippen molar-refractivity contribution in [2.75, 3.05) is 0 Å². The van der Waals surface area contributed by atoms with Crippen LogP contribution in [0.15, 0.2) is 138 Å². The molecule has 3 aromatic heterocycles. The van der Waals surface area contributed by atoms with Gasteiger partial charge in [0.15, 0.2) is 29.0 Å². The van der Waals surface area contributed by atoms with Gasteiger partial charge in [-0.05, 0) is 17.5 Å². The van der Waals surface area contributed by atoms with Gasteiger partial charge in [-0.1, -0.05) is 121 Å². The van der Waals surface area contributed by atoms with Gasteiger partial charge < -0.3 is 14.2 Å². The van der Waals surface area contributed by atoms with Crippen LogP contribution in [0.3, 0.4) is 0 Å². The second-order valence-electron chi connectivity index (χ2n) is 12.9. The summed E-state index contributed by atoms with van der Waals surface area (Å²) in [5, 5.41) is 4.07. The maximum atomic E-state index is 14.4. The number of benzene rings is 6. The number of nitrogens with one attached hydrogen (secondary N) is 2. The van der Waals surface area contributed by atoms with Crippen LogP contribution >= 0.6 is 0 Å². The van der Waals surface area contributed by atoms with E-state index in [0.717, 1.165) is 38.4 Å². The summed E-state index contributed by atoms with van der Waals surface area (Å²) < 4.78 is 34.6. The van der Waals surface area contributed by atoms with E-state index in [1.54, 1.807) is 24.3 Å². The van der Waals surface area contributed by atoms with Crippen molar-refractivity contribution in [1.29, 1.82) is 0 Å². The molecule has 2 aliphatic heterocycles. The number of hydrogen-bond donors (Lipinski definition) is 2. The van der Waals surface area contributed by atoms with Crippen molar-refractivity contribution < 1.29 is 29.7 Å². The summed E-state index contributed by atoms with van der Waals surface area (Å²) in [6, 6.07) is 41.1. The fraction of sp³-hybridized carbons (Fsp3) is 0. The zero-order valence-electron chi connectivity index (χ0n) is 28.3. The first-order valence-corrected chi connectivity index (χ1v) is 18.5. The molecule has 0 atom stereocenters. The van der Waals surface area contributed by atoms with E-state index in [1.165, 1.54) is 6.07 Å². The van der Waals surface area contributed by atoms with E-state index in [-0.39, 0.29) is 62.9 Å². The van der Waals surface area contributed by atoms with Crippen LogP contribution in [0, 0.1) is 0 Å². The Hall–Kier alpha value is -5.79. The molecule has 6 aromatic carbocycles. The molecule has 269 valence electrons. The van der Waals surface area contributed by atoms with Gasteiger partial charge in [0.05, 0.1) is 5.39 Å². The Balaban J connectivity index is 0.00000205. The molecular weight excluding hydrogens is 783 g/mol. The summed E-state index contributed by atoms with van der Waals surface area (Å²) in [6.45, 7) is 0. The molecule has 2 aliphatic rings. The normalized spacial score (nSPS) is 11.8. The van der Waals surface area contributed by atoms with Crippen LogP contribution < -0.4 is 4.18 Å². The molecule has 2 N–H and O–H groups in total. The number of fused-ring (bicyclic) bond motifs is 21. The van der Waals surface area contributed by atoms with Gasteiger partial charge in [0.2, 0.25) is 0 Å². The number of hydrogen-bond acceptors (Lipinski definition) is 9. The van der Waals surface area contributed by atoms with Crippen LogP contribution in [0.5, 0.6) is 5.75 Å². The van der Waals surface area contributed by atoms with Crippen molar-refractivity contribution in [2.24, 2.45) is 0 Å². The average molecular weight is 808 g/mol. The number of nitrogens with zero attached hydrogens (tertiary/aromatic N) is 6. The predicted octanol–water partition coefficient (Wildman–Crippen LogP) is 8.14. The average Bonchev–Trinajstić information content (AvgIpc) is 3.94. The molecule has 11 rings (SSSR count). The topological polar surface area (TPSA) is 152 Å². The molecule has 14 heteroatoms. The molecule has 0 amide bonds. The van der Waals surface area contributed by atoms with Gasteiger partial charge in [-0.3, -0.25) is 0 Å². The van der Waals surface area contributed by atoms with Gasteiger partial charge in [-0.2, -0.15) is 8.42 Å². The van der Waals surface area contributed by atoms with Crippen molar-refractivity contribution in [2.45, 2.75) is 4.90 Å². The third-order valence-electron chi connectivity index (χ3n) is 9.76. The summed E-state index contributed by atoms with van der Waals surface area (Å²) >= 11 is 0. The van der Waals surface area contributed by atoms with E-state index in [9.17, 15) is 8.42 Å². The molecule has 5 heterocycles. The molecule has 0 saturated carbocycles. The fourth-order valence-corrected chi connectivity index (χ4v) is 8.47. The summed E-state index contributed by atoms with van der Waals surface area (Å²) in [5.41, 5.74) is 4.87. The van der Waals surface area contributed by atoms with Crippen LogP contribution in [0.25, 0.3) is 100 Å². The third-order valence-corrected chi connectivity index (χ3v) is 11.0. The Bertz CT molecular complexity index is 3360. The van der Waals surface area contributed by atoms with E-state index in [2.05, 4.69) is 9.97 Å². The number of aromatic nitrogens is 8. The molecule has 0 saturated heterocycles. The first-order chi connectivity index (χ1) is 26.5. The number of rotatable bonds is 3. The van der Waals surface area contributed by atoms with Crippen molar-refractivity contribution in [3.05, 3.63) is 133 Å². The molecular formula is C42H25CuN8NaO3S. The van der Waals surface area contributed by atoms with E-state index in [4.69, 9.17) is 34.1 Å². The second kappa shape index (κ2) is 13.7. The van der Waals surface area contributed by atoms with Crippen molar-refractivity contribution >= 4 is 94.6 Å². The van der Waals surface area contributed by atoms with Crippen LogP contribution in [-0.4, -0.2) is 77.8 Å². The van der Waals surface area contributed by atoms with Gasteiger partial charge in [-0.25, -0.2) is 29.9 Å². The Morgan fingerprint density at radius 1 is 0.429 bits per heavy atom. The van der Waals surface area contributed by atoms with Crippen LogP contribution in [0.2, 0.25) is 0 Å². The molecule has 56 heavy (non-hydrogen) atoms. The molecule has 9 aromatic rings. The van der Waals surface area contributed by atoms with Crippen molar-refractivity contribution in [1.82, 2.24) is 39.9 Å². The first-order valence-electron chi connectivity index (χ1n) is 17.1. The molecule has 1 radical (unpaired) electrons. The molecule has 11 nitrogen and oxygen atoms in total. The summed E-state index contributed by atoms with van der Waals surface area (Å²) in [7, 11) is -4.42. The fourth-order valence-electron chi connectivity index (χ4n) is 7.30. The number of H-pyrrole nitrogens is 2. The van der Waals surface area contributed by atoms with Gasteiger partial charge in [0.25, 0.3) is 0 Å². The maximum absolute atomic E-state index is 14.4. The zero-order chi connectivity index (χ0) is 36.0. The Kier molecular flexibility index (Phi) is 8.81. The molecule has 0 fully saturated rings. The molecule has 0 unspecified atom stereocenters. The van der Waals surface area contributed by atoms with Crippen molar-refractivity contribution in [3.63, 3.8) is 0 Å². The molecule has 0 spiro atoms. The van der Waals surface area contributed by atoms with Crippen molar-refractivity contribution in [3.8, 4) is 51.3 Å². The molecule has 8 bridgehead atoms. The molecule has 0 aliphatic carbocycles. The Morgan fingerprint density at radius 2 is 0.839 bits per heavy atom. The monoisotopic (exact) mass is 807 g/mol. The van der Waals surface area contributed by atoms with Crippen LogP contribution in [-0.2, 0) is 27.2 Å². The minimum atomic E-state index is -4.42. The van der Waals surface area contributed by atoms with Gasteiger partial charge >= 0.3 is 39.7 Å².